The average molecular weight is 294 g/mol. The Labute approximate surface area is 120 Å². The van der Waals surface area contributed by atoms with E-state index in [-0.39, 0.29) is 11.5 Å². The van der Waals surface area contributed by atoms with E-state index in [0.717, 1.165) is 10.7 Å². The van der Waals surface area contributed by atoms with Gasteiger partial charge in [-0.2, -0.15) is 0 Å². The number of amides is 1. The Kier molecular flexibility index (Phi) is 4.68. The Hall–Kier alpha value is -1.95. The summed E-state index contributed by atoms with van der Waals surface area (Å²) in [5, 5.41) is 5.70. The molecule has 4 nitrogen and oxygen atoms in total. The molecule has 1 amide bonds. The molecule has 6 heteroatoms. The molecule has 0 aliphatic heterocycles. The normalized spacial score (nSPS) is 10.3. The number of rotatable bonds is 5. The number of aromatic nitrogens is 1. The molecule has 0 saturated carbocycles. The van der Waals surface area contributed by atoms with Crippen LogP contribution in [-0.4, -0.2) is 24.5 Å². The predicted octanol–water partition coefficient (Wildman–Crippen LogP) is 2.57. The highest BCUT2D eigenvalue weighted by Crippen LogP contribution is 2.19. The van der Waals surface area contributed by atoms with Gasteiger partial charge in [0.25, 0.3) is 5.91 Å². The molecule has 1 aromatic carbocycles. The van der Waals surface area contributed by atoms with E-state index in [2.05, 4.69) is 10.3 Å². The number of halogens is 1. The number of aryl methyl sites for hydroxylation is 1. The number of ether oxygens (including phenoxy) is 1. The molecular weight excluding hydrogens is 279 g/mol. The summed E-state index contributed by atoms with van der Waals surface area (Å²) in [7, 11) is 1.45. The van der Waals surface area contributed by atoms with Crippen LogP contribution >= 0.6 is 11.3 Å². The Balaban J connectivity index is 1.96. The number of carbonyl (C=O) groups excluding carboxylic acids is 1. The van der Waals surface area contributed by atoms with Crippen molar-refractivity contribution in [2.45, 2.75) is 13.3 Å². The molecule has 1 N–H and O–H groups in total. The lowest BCUT2D eigenvalue weighted by Crippen LogP contribution is -2.26. The molecule has 0 unspecified atom stereocenters. The van der Waals surface area contributed by atoms with Gasteiger partial charge in [-0.25, -0.2) is 9.37 Å². The zero-order valence-electron chi connectivity index (χ0n) is 11.3. The van der Waals surface area contributed by atoms with E-state index in [1.54, 1.807) is 11.3 Å². The second-order valence-corrected chi connectivity index (χ2v) is 5.27. The molecule has 106 valence electrons. The van der Waals surface area contributed by atoms with Crippen molar-refractivity contribution in [3.05, 3.63) is 45.7 Å². The second-order valence-electron chi connectivity index (χ2n) is 4.21. The van der Waals surface area contributed by atoms with Crippen LogP contribution in [0.1, 0.15) is 21.1 Å². The number of benzene rings is 1. The summed E-state index contributed by atoms with van der Waals surface area (Å²) in [5.74, 6) is -0.465. The largest absolute Gasteiger partial charge is 0.496 e. The number of carbonyl (C=O) groups is 1. The highest BCUT2D eigenvalue weighted by Gasteiger charge is 2.13. The van der Waals surface area contributed by atoms with Gasteiger partial charge >= 0.3 is 0 Å². The van der Waals surface area contributed by atoms with Crippen LogP contribution in [0, 0.1) is 12.7 Å². The average Bonchev–Trinajstić information content (AvgIpc) is 2.84. The third kappa shape index (κ3) is 3.54. The number of methoxy groups -OCH3 is 1. The van der Waals surface area contributed by atoms with Crippen LogP contribution in [0.25, 0.3) is 0 Å². The fraction of sp³-hybridized carbons (Fsp3) is 0.286. The van der Waals surface area contributed by atoms with Crippen LogP contribution in [0.2, 0.25) is 0 Å². The molecule has 0 fully saturated rings. The molecule has 0 aliphatic carbocycles. The van der Waals surface area contributed by atoms with Gasteiger partial charge < -0.3 is 10.1 Å². The van der Waals surface area contributed by atoms with E-state index in [0.29, 0.717) is 18.7 Å². The molecule has 2 aromatic rings. The van der Waals surface area contributed by atoms with E-state index in [4.69, 9.17) is 4.74 Å². The van der Waals surface area contributed by atoms with Gasteiger partial charge in [-0.15, -0.1) is 11.3 Å². The van der Waals surface area contributed by atoms with Gasteiger partial charge in [-0.3, -0.25) is 4.79 Å². The van der Waals surface area contributed by atoms with Crippen molar-refractivity contribution in [1.82, 2.24) is 10.3 Å². The Morgan fingerprint density at radius 3 is 2.95 bits per heavy atom. The number of nitrogens with one attached hydrogen (secondary N) is 1. The SMILES string of the molecule is COc1ccc(F)cc1C(=O)NCCc1csc(C)n1. The van der Waals surface area contributed by atoms with Gasteiger partial charge in [0.15, 0.2) is 0 Å². The Morgan fingerprint density at radius 2 is 2.30 bits per heavy atom. The van der Waals surface area contributed by atoms with Crippen LogP contribution in [0.3, 0.4) is 0 Å². The van der Waals surface area contributed by atoms with Gasteiger partial charge in [-0.05, 0) is 25.1 Å². The van der Waals surface area contributed by atoms with E-state index in [1.165, 1.54) is 25.3 Å². The maximum Gasteiger partial charge on any atom is 0.255 e. The van der Waals surface area contributed by atoms with E-state index >= 15 is 0 Å². The summed E-state index contributed by atoms with van der Waals surface area (Å²) >= 11 is 1.57. The molecule has 1 heterocycles. The fourth-order valence-corrected chi connectivity index (χ4v) is 2.43. The van der Waals surface area contributed by atoms with E-state index in [9.17, 15) is 9.18 Å². The van der Waals surface area contributed by atoms with Crippen molar-refractivity contribution in [1.29, 1.82) is 0 Å². The van der Waals surface area contributed by atoms with Crippen LogP contribution < -0.4 is 10.1 Å². The summed E-state index contributed by atoms with van der Waals surface area (Å²) in [6.45, 7) is 2.38. The number of hydrogen-bond donors (Lipinski definition) is 1. The number of hydrogen-bond acceptors (Lipinski definition) is 4. The van der Waals surface area contributed by atoms with Crippen molar-refractivity contribution in [2.24, 2.45) is 0 Å². The zero-order valence-corrected chi connectivity index (χ0v) is 12.1. The molecule has 0 aliphatic rings. The zero-order chi connectivity index (χ0) is 14.5. The lowest BCUT2D eigenvalue weighted by molar-refractivity contribution is 0.0950. The van der Waals surface area contributed by atoms with Crippen molar-refractivity contribution < 1.29 is 13.9 Å². The molecule has 0 spiro atoms. The minimum Gasteiger partial charge on any atom is -0.496 e. The van der Waals surface area contributed by atoms with E-state index in [1.807, 2.05) is 12.3 Å². The summed E-state index contributed by atoms with van der Waals surface area (Å²) in [6.07, 6.45) is 0.647. The number of thiazole rings is 1. The maximum absolute atomic E-state index is 13.2. The minimum atomic E-state index is -0.467. The first-order valence-corrected chi connectivity index (χ1v) is 7.01. The quantitative estimate of drug-likeness (QED) is 0.922. The molecule has 0 atom stereocenters. The van der Waals surface area contributed by atoms with Crippen LogP contribution in [0.5, 0.6) is 5.75 Å². The predicted molar refractivity (Wildman–Crippen MR) is 75.8 cm³/mol. The summed E-state index contributed by atoms with van der Waals surface area (Å²) < 4.78 is 18.2. The van der Waals surface area contributed by atoms with Gasteiger partial charge in [0.05, 0.1) is 23.4 Å². The van der Waals surface area contributed by atoms with Crippen molar-refractivity contribution >= 4 is 17.2 Å². The minimum absolute atomic E-state index is 0.196. The highest BCUT2D eigenvalue weighted by atomic mass is 32.1. The summed E-state index contributed by atoms with van der Waals surface area (Å²) in [4.78, 5) is 16.3. The molecule has 1 aromatic heterocycles. The van der Waals surface area contributed by atoms with Crippen molar-refractivity contribution in [3.8, 4) is 5.75 Å². The van der Waals surface area contributed by atoms with Gasteiger partial charge in [0.1, 0.15) is 11.6 Å². The van der Waals surface area contributed by atoms with E-state index < -0.39 is 5.82 Å². The first-order valence-electron chi connectivity index (χ1n) is 6.13. The molecule has 0 radical (unpaired) electrons. The fourth-order valence-electron chi connectivity index (χ4n) is 1.78. The van der Waals surface area contributed by atoms with Crippen LogP contribution in [-0.2, 0) is 6.42 Å². The second kappa shape index (κ2) is 6.47. The van der Waals surface area contributed by atoms with Crippen molar-refractivity contribution in [2.75, 3.05) is 13.7 Å². The Morgan fingerprint density at radius 1 is 1.50 bits per heavy atom. The summed E-state index contributed by atoms with van der Waals surface area (Å²) in [6, 6.07) is 3.86. The van der Waals surface area contributed by atoms with Gasteiger partial charge in [0, 0.05) is 18.3 Å². The lowest BCUT2D eigenvalue weighted by atomic mass is 10.2. The van der Waals surface area contributed by atoms with Crippen molar-refractivity contribution in [3.63, 3.8) is 0 Å². The third-order valence-corrected chi connectivity index (χ3v) is 3.56. The van der Waals surface area contributed by atoms with Gasteiger partial charge in [0.2, 0.25) is 0 Å². The smallest absolute Gasteiger partial charge is 0.255 e. The topological polar surface area (TPSA) is 51.2 Å². The lowest BCUT2D eigenvalue weighted by Gasteiger charge is -2.08. The highest BCUT2D eigenvalue weighted by molar-refractivity contribution is 7.09. The molecule has 2 rings (SSSR count). The summed E-state index contributed by atoms with van der Waals surface area (Å²) in [5.41, 5.74) is 1.14. The Bertz CT molecular complexity index is 613. The number of nitrogens with zero attached hydrogens (tertiary/aromatic N) is 1. The molecular formula is C14H15FN2O2S. The van der Waals surface area contributed by atoms with Gasteiger partial charge in [-0.1, -0.05) is 0 Å². The first kappa shape index (κ1) is 14.5. The first-order chi connectivity index (χ1) is 9.60. The molecule has 0 saturated heterocycles. The monoisotopic (exact) mass is 294 g/mol. The maximum atomic E-state index is 13.2. The molecule has 20 heavy (non-hydrogen) atoms. The van der Waals surface area contributed by atoms with Crippen LogP contribution in [0.15, 0.2) is 23.6 Å². The van der Waals surface area contributed by atoms with Crippen LogP contribution in [0.4, 0.5) is 4.39 Å². The molecule has 0 bridgehead atoms. The standard InChI is InChI=1S/C14H15FN2O2S/c1-9-17-11(8-20-9)5-6-16-14(18)12-7-10(15)3-4-13(12)19-2/h3-4,7-8H,5-6H2,1-2H3,(H,16,18). The third-order valence-electron chi connectivity index (χ3n) is 2.74.